The van der Waals surface area contributed by atoms with Crippen molar-refractivity contribution in [2.45, 2.75) is 26.3 Å². The molecule has 1 heterocycles. The van der Waals surface area contributed by atoms with Crippen molar-refractivity contribution in [3.8, 4) is 0 Å². The molecule has 3 nitrogen and oxygen atoms in total. The Morgan fingerprint density at radius 2 is 1.88 bits per heavy atom. The second kappa shape index (κ2) is 8.45. The number of rotatable bonds is 5. The molecular formula is C21H28N3S+. The van der Waals surface area contributed by atoms with Crippen molar-refractivity contribution >= 4 is 23.0 Å². The standard InChI is InChI=1S/C21H27N3S/c1-16-8-6-7-11-20(16)23-21(25)22-14-18-12-13-24(15-18)17(2)19-9-4-3-5-10-19/h3-11,17-18H,12-15H2,1-2H3,(H2,22,23,25)/p+1. The van der Waals surface area contributed by atoms with Gasteiger partial charge in [-0.05, 0) is 37.7 Å². The van der Waals surface area contributed by atoms with Crippen molar-refractivity contribution in [1.29, 1.82) is 0 Å². The minimum absolute atomic E-state index is 0.559. The molecule has 1 fully saturated rings. The van der Waals surface area contributed by atoms with Crippen LogP contribution in [0, 0.1) is 12.8 Å². The highest BCUT2D eigenvalue weighted by atomic mass is 32.1. The first-order valence-electron chi connectivity index (χ1n) is 9.13. The first kappa shape index (κ1) is 17.9. The second-order valence-electron chi connectivity index (χ2n) is 7.05. The van der Waals surface area contributed by atoms with Crippen molar-refractivity contribution in [1.82, 2.24) is 5.32 Å². The largest absolute Gasteiger partial charge is 0.362 e. The average Bonchev–Trinajstić information content (AvgIpc) is 3.11. The summed E-state index contributed by atoms with van der Waals surface area (Å²) in [5.74, 6) is 0.679. The highest BCUT2D eigenvalue weighted by Crippen LogP contribution is 2.14. The highest BCUT2D eigenvalue weighted by molar-refractivity contribution is 7.80. The van der Waals surface area contributed by atoms with Crippen LogP contribution >= 0.6 is 12.2 Å². The highest BCUT2D eigenvalue weighted by Gasteiger charge is 2.30. The summed E-state index contributed by atoms with van der Waals surface area (Å²) in [5, 5.41) is 7.44. The zero-order valence-electron chi connectivity index (χ0n) is 15.1. The number of benzene rings is 2. The number of anilines is 1. The topological polar surface area (TPSA) is 28.5 Å². The van der Waals surface area contributed by atoms with E-state index in [-0.39, 0.29) is 0 Å². The van der Waals surface area contributed by atoms with Crippen LogP contribution in [0.15, 0.2) is 54.6 Å². The molecule has 0 bridgehead atoms. The molecule has 3 atom stereocenters. The SMILES string of the molecule is Cc1ccccc1NC(=S)NCC1CC[NH+](C(C)c2ccccc2)C1. The first-order valence-corrected chi connectivity index (χ1v) is 9.54. The van der Waals surface area contributed by atoms with Crippen molar-refractivity contribution in [2.24, 2.45) is 5.92 Å². The van der Waals surface area contributed by atoms with Crippen molar-refractivity contribution in [3.05, 3.63) is 65.7 Å². The zero-order valence-corrected chi connectivity index (χ0v) is 15.9. The van der Waals surface area contributed by atoms with Crippen LogP contribution in [0.2, 0.25) is 0 Å². The molecule has 3 unspecified atom stereocenters. The Morgan fingerprint density at radius 1 is 1.16 bits per heavy atom. The molecule has 132 valence electrons. The molecule has 1 aliphatic heterocycles. The van der Waals surface area contributed by atoms with Crippen LogP contribution in [0.25, 0.3) is 0 Å². The van der Waals surface area contributed by atoms with Gasteiger partial charge in [0, 0.05) is 30.1 Å². The van der Waals surface area contributed by atoms with Crippen molar-refractivity contribution < 1.29 is 4.90 Å². The van der Waals surface area contributed by atoms with Crippen LogP contribution in [0.1, 0.15) is 30.5 Å². The number of hydrogen-bond acceptors (Lipinski definition) is 1. The third-order valence-corrected chi connectivity index (χ3v) is 5.53. The number of hydrogen-bond donors (Lipinski definition) is 3. The molecule has 2 aromatic rings. The molecule has 3 N–H and O–H groups in total. The van der Waals surface area contributed by atoms with E-state index in [9.17, 15) is 0 Å². The molecule has 0 spiro atoms. The molecule has 4 heteroatoms. The zero-order chi connectivity index (χ0) is 17.6. The van der Waals surface area contributed by atoms with Gasteiger partial charge in [-0.1, -0.05) is 48.5 Å². The van der Waals surface area contributed by atoms with Gasteiger partial charge in [-0.2, -0.15) is 0 Å². The summed E-state index contributed by atoms with van der Waals surface area (Å²) >= 11 is 5.46. The summed E-state index contributed by atoms with van der Waals surface area (Å²) < 4.78 is 0. The van der Waals surface area contributed by atoms with Gasteiger partial charge in [-0.15, -0.1) is 0 Å². The quantitative estimate of drug-likeness (QED) is 0.721. The van der Waals surface area contributed by atoms with Gasteiger partial charge < -0.3 is 15.5 Å². The Morgan fingerprint density at radius 3 is 2.64 bits per heavy atom. The minimum atomic E-state index is 0.559. The van der Waals surface area contributed by atoms with Crippen molar-refractivity contribution in [3.63, 3.8) is 0 Å². The molecule has 0 aromatic heterocycles. The van der Waals surface area contributed by atoms with Crippen LogP contribution in [0.3, 0.4) is 0 Å². The Kier molecular flexibility index (Phi) is 6.05. The molecular weight excluding hydrogens is 326 g/mol. The van der Waals surface area contributed by atoms with Gasteiger partial charge in [0.25, 0.3) is 0 Å². The van der Waals surface area contributed by atoms with E-state index in [4.69, 9.17) is 12.2 Å². The van der Waals surface area contributed by atoms with Gasteiger partial charge in [0.15, 0.2) is 5.11 Å². The van der Waals surface area contributed by atoms with E-state index in [1.807, 2.05) is 12.1 Å². The summed E-state index contributed by atoms with van der Waals surface area (Å²) in [4.78, 5) is 1.68. The lowest BCUT2D eigenvalue weighted by Crippen LogP contribution is -3.10. The van der Waals surface area contributed by atoms with E-state index in [0.29, 0.717) is 12.0 Å². The maximum Gasteiger partial charge on any atom is 0.170 e. The normalized spacial score (nSPS) is 20.9. The number of thiocarbonyl (C=S) groups is 1. The maximum atomic E-state index is 5.46. The molecule has 1 aliphatic rings. The Bertz CT molecular complexity index is 701. The summed E-state index contributed by atoms with van der Waals surface area (Å²) in [6, 6.07) is 19.6. The van der Waals surface area contributed by atoms with Gasteiger partial charge >= 0.3 is 0 Å². The van der Waals surface area contributed by atoms with Gasteiger partial charge in [-0.25, -0.2) is 0 Å². The number of likely N-dealkylation sites (tertiary alicyclic amines) is 1. The monoisotopic (exact) mass is 354 g/mol. The third kappa shape index (κ3) is 4.80. The van der Waals surface area contributed by atoms with Crippen LogP contribution < -0.4 is 15.5 Å². The van der Waals surface area contributed by atoms with E-state index in [1.54, 1.807) is 4.90 Å². The summed E-state index contributed by atoms with van der Waals surface area (Å²) in [6.07, 6.45) is 1.26. The predicted molar refractivity (Wildman–Crippen MR) is 109 cm³/mol. The predicted octanol–water partition coefficient (Wildman–Crippen LogP) is 2.95. The Balaban J connectivity index is 1.45. The van der Waals surface area contributed by atoms with E-state index in [1.165, 1.54) is 30.6 Å². The minimum Gasteiger partial charge on any atom is -0.362 e. The maximum absolute atomic E-state index is 5.46. The fourth-order valence-electron chi connectivity index (χ4n) is 3.63. The lowest BCUT2D eigenvalue weighted by molar-refractivity contribution is -0.919. The molecule has 0 saturated carbocycles. The van der Waals surface area contributed by atoms with Crippen LogP contribution in [0.5, 0.6) is 0 Å². The fourth-order valence-corrected chi connectivity index (χ4v) is 3.82. The molecule has 3 rings (SSSR count). The van der Waals surface area contributed by atoms with E-state index in [2.05, 4.69) is 66.9 Å². The molecule has 0 aliphatic carbocycles. The smallest absolute Gasteiger partial charge is 0.170 e. The van der Waals surface area contributed by atoms with E-state index in [0.717, 1.165) is 17.3 Å². The number of nitrogens with one attached hydrogen (secondary N) is 3. The van der Waals surface area contributed by atoms with Gasteiger partial charge in [0.2, 0.25) is 0 Å². The lowest BCUT2D eigenvalue weighted by atomic mass is 10.1. The number of para-hydroxylation sites is 1. The van der Waals surface area contributed by atoms with Crippen molar-refractivity contribution in [2.75, 3.05) is 25.0 Å². The third-order valence-electron chi connectivity index (χ3n) is 5.28. The van der Waals surface area contributed by atoms with E-state index >= 15 is 0 Å². The van der Waals surface area contributed by atoms with Crippen LogP contribution in [0.4, 0.5) is 5.69 Å². The second-order valence-corrected chi connectivity index (χ2v) is 7.46. The molecule has 1 saturated heterocycles. The molecule has 2 aromatic carbocycles. The van der Waals surface area contributed by atoms with Crippen LogP contribution in [-0.4, -0.2) is 24.7 Å². The first-order chi connectivity index (χ1) is 12.1. The van der Waals surface area contributed by atoms with E-state index < -0.39 is 0 Å². The average molecular weight is 355 g/mol. The molecule has 0 amide bonds. The summed E-state index contributed by atoms with van der Waals surface area (Å²) in [7, 11) is 0. The summed E-state index contributed by atoms with van der Waals surface area (Å²) in [6.45, 7) is 7.82. The molecule has 25 heavy (non-hydrogen) atoms. The summed E-state index contributed by atoms with van der Waals surface area (Å²) in [5.41, 5.74) is 3.72. The van der Waals surface area contributed by atoms with Gasteiger partial charge in [0.1, 0.15) is 6.04 Å². The van der Waals surface area contributed by atoms with Gasteiger partial charge in [0.05, 0.1) is 13.1 Å². The van der Waals surface area contributed by atoms with Gasteiger partial charge in [-0.3, -0.25) is 0 Å². The van der Waals surface area contributed by atoms with Crippen LogP contribution in [-0.2, 0) is 0 Å². The lowest BCUT2D eigenvalue weighted by Gasteiger charge is -2.22. The molecule has 0 radical (unpaired) electrons. The fraction of sp³-hybridized carbons (Fsp3) is 0.381. The number of aryl methyl sites for hydroxylation is 1. The Hall–Kier alpha value is -1.91. The Labute approximate surface area is 156 Å². The number of quaternary nitrogens is 1.